The van der Waals surface area contributed by atoms with E-state index < -0.39 is 0 Å². The van der Waals surface area contributed by atoms with Crippen molar-refractivity contribution in [2.45, 2.75) is 33.8 Å². The number of anilines is 1. The van der Waals surface area contributed by atoms with Crippen LogP contribution in [-0.4, -0.2) is 27.3 Å². The van der Waals surface area contributed by atoms with Crippen molar-refractivity contribution >= 4 is 28.8 Å². The first-order chi connectivity index (χ1) is 10.5. The monoisotopic (exact) mass is 318 g/mol. The van der Waals surface area contributed by atoms with E-state index >= 15 is 0 Å². The molecule has 0 atom stereocenters. The number of nitrogens with zero attached hydrogens (tertiary/aromatic N) is 3. The van der Waals surface area contributed by atoms with Crippen LogP contribution in [0, 0.1) is 6.92 Å². The van der Waals surface area contributed by atoms with Crippen LogP contribution in [0.25, 0.3) is 0 Å². The van der Waals surface area contributed by atoms with Crippen molar-refractivity contribution in [3.8, 4) is 0 Å². The molecule has 1 N–H and O–H groups in total. The van der Waals surface area contributed by atoms with E-state index in [0.29, 0.717) is 22.0 Å². The van der Waals surface area contributed by atoms with Crippen LogP contribution >= 0.6 is 11.5 Å². The van der Waals surface area contributed by atoms with Crippen molar-refractivity contribution < 1.29 is 9.63 Å². The van der Waals surface area contributed by atoms with Crippen LogP contribution in [0.2, 0.25) is 0 Å². The van der Waals surface area contributed by atoms with E-state index in [4.69, 9.17) is 4.84 Å². The Hall–Kier alpha value is -2.28. The van der Waals surface area contributed by atoms with Gasteiger partial charge in [-0.2, -0.15) is 0 Å². The van der Waals surface area contributed by atoms with Crippen molar-refractivity contribution in [2.75, 3.05) is 5.32 Å². The second-order valence-electron chi connectivity index (χ2n) is 5.02. The summed E-state index contributed by atoms with van der Waals surface area (Å²) >= 11 is 1.08. The van der Waals surface area contributed by atoms with Crippen molar-refractivity contribution in [3.63, 3.8) is 0 Å². The maximum Gasteiger partial charge on any atom is 0.269 e. The van der Waals surface area contributed by atoms with Gasteiger partial charge < -0.3 is 10.2 Å². The van der Waals surface area contributed by atoms with E-state index in [1.54, 1.807) is 6.92 Å². The molecule has 0 bridgehead atoms. The van der Waals surface area contributed by atoms with Crippen molar-refractivity contribution in [1.82, 2.24) is 9.59 Å². The molecule has 1 aromatic carbocycles. The molecule has 1 aromatic heterocycles. The summed E-state index contributed by atoms with van der Waals surface area (Å²) in [7, 11) is 0. The number of hydrogen-bond acceptors (Lipinski definition) is 6. The second-order valence-corrected chi connectivity index (χ2v) is 5.77. The van der Waals surface area contributed by atoms with Gasteiger partial charge in [-0.3, -0.25) is 4.79 Å². The van der Waals surface area contributed by atoms with E-state index in [2.05, 4.69) is 20.1 Å². The summed E-state index contributed by atoms with van der Waals surface area (Å²) in [6.45, 7) is 7.41. The van der Waals surface area contributed by atoms with E-state index in [1.165, 1.54) is 0 Å². The van der Waals surface area contributed by atoms with Gasteiger partial charge in [-0.25, -0.2) is 0 Å². The zero-order valence-electron chi connectivity index (χ0n) is 13.0. The van der Waals surface area contributed by atoms with Crippen LogP contribution in [0.15, 0.2) is 29.4 Å². The van der Waals surface area contributed by atoms with Crippen LogP contribution < -0.4 is 5.32 Å². The lowest BCUT2D eigenvalue weighted by atomic mass is 10.1. The molecule has 1 amide bonds. The highest BCUT2D eigenvalue weighted by Gasteiger charge is 2.15. The Kier molecular flexibility index (Phi) is 5.21. The average molecular weight is 318 g/mol. The first kappa shape index (κ1) is 16.1. The van der Waals surface area contributed by atoms with Gasteiger partial charge in [0.25, 0.3) is 5.91 Å². The number of amides is 1. The molecule has 0 aliphatic carbocycles. The number of oxime groups is 1. The highest BCUT2D eigenvalue weighted by atomic mass is 32.1. The van der Waals surface area contributed by atoms with Crippen LogP contribution in [0.1, 0.15) is 41.7 Å². The maximum absolute atomic E-state index is 12.3. The molecule has 0 unspecified atom stereocenters. The van der Waals surface area contributed by atoms with E-state index in [1.807, 2.05) is 45.0 Å². The fourth-order valence-electron chi connectivity index (χ4n) is 1.76. The molecule has 2 aromatic rings. The molecule has 0 aliphatic rings. The smallest absolute Gasteiger partial charge is 0.269 e. The van der Waals surface area contributed by atoms with Crippen molar-refractivity contribution in [1.29, 1.82) is 0 Å². The van der Waals surface area contributed by atoms with Gasteiger partial charge in [-0.05, 0) is 45.3 Å². The number of benzene rings is 1. The molecule has 0 radical (unpaired) electrons. The number of carbonyl (C=O) groups is 1. The van der Waals surface area contributed by atoms with E-state index in [9.17, 15) is 4.79 Å². The van der Waals surface area contributed by atoms with Crippen molar-refractivity contribution in [2.24, 2.45) is 5.16 Å². The minimum atomic E-state index is -0.225. The van der Waals surface area contributed by atoms with Gasteiger partial charge in [0.15, 0.2) is 0 Å². The number of para-hydroxylation sites is 1. The van der Waals surface area contributed by atoms with Crippen LogP contribution in [0.5, 0.6) is 0 Å². The topological polar surface area (TPSA) is 76.5 Å². The number of carbonyl (C=O) groups excluding carboxylic acids is 1. The zero-order valence-corrected chi connectivity index (χ0v) is 13.8. The van der Waals surface area contributed by atoms with Gasteiger partial charge in [0.1, 0.15) is 11.0 Å². The van der Waals surface area contributed by atoms with Gasteiger partial charge in [-0.1, -0.05) is 27.8 Å². The number of aromatic nitrogens is 2. The minimum Gasteiger partial charge on any atom is -0.393 e. The Morgan fingerprint density at radius 2 is 2.09 bits per heavy atom. The van der Waals surface area contributed by atoms with Gasteiger partial charge in [0.05, 0.1) is 17.1 Å². The summed E-state index contributed by atoms with van der Waals surface area (Å²) in [6, 6.07) is 7.45. The molecule has 1 heterocycles. The molecule has 22 heavy (non-hydrogen) atoms. The van der Waals surface area contributed by atoms with Crippen LogP contribution in [0.3, 0.4) is 0 Å². The van der Waals surface area contributed by atoms with E-state index in [0.717, 1.165) is 17.1 Å². The fraction of sp³-hybridized carbons (Fsp3) is 0.333. The molecular formula is C15H18N4O2S. The predicted molar refractivity (Wildman–Crippen MR) is 87.5 cm³/mol. The fourth-order valence-corrected chi connectivity index (χ4v) is 2.31. The van der Waals surface area contributed by atoms with Gasteiger partial charge >= 0.3 is 0 Å². The lowest BCUT2D eigenvalue weighted by Gasteiger charge is -2.11. The third-order valence-corrected chi connectivity index (χ3v) is 3.65. The van der Waals surface area contributed by atoms with E-state index in [-0.39, 0.29) is 12.0 Å². The van der Waals surface area contributed by atoms with Crippen LogP contribution in [0.4, 0.5) is 5.69 Å². The normalized spacial score (nSPS) is 11.6. The Morgan fingerprint density at radius 1 is 1.36 bits per heavy atom. The standard InChI is InChI=1S/C15H18N4O2S/c1-9(2)21-18-10(3)12-7-5-6-8-13(12)16-15(20)14-11(4)17-19-22-14/h5-9H,1-4H3,(H,16,20)/b18-10+. The molecule has 0 fully saturated rings. The van der Waals surface area contributed by atoms with Gasteiger partial charge in [-0.15, -0.1) is 5.10 Å². The van der Waals surface area contributed by atoms with Gasteiger partial charge in [0.2, 0.25) is 0 Å². The first-order valence-electron chi connectivity index (χ1n) is 6.89. The van der Waals surface area contributed by atoms with Gasteiger partial charge in [0, 0.05) is 5.56 Å². The minimum absolute atomic E-state index is 0.00243. The lowest BCUT2D eigenvalue weighted by molar-refractivity contribution is 0.0860. The Morgan fingerprint density at radius 3 is 2.73 bits per heavy atom. The Bertz CT molecular complexity index is 694. The van der Waals surface area contributed by atoms with Crippen molar-refractivity contribution in [3.05, 3.63) is 40.4 Å². The lowest BCUT2D eigenvalue weighted by Crippen LogP contribution is -2.14. The Labute approximate surface area is 133 Å². The zero-order chi connectivity index (χ0) is 16.1. The summed E-state index contributed by atoms with van der Waals surface area (Å²) < 4.78 is 3.78. The molecule has 0 spiro atoms. The number of rotatable bonds is 5. The first-order valence-corrected chi connectivity index (χ1v) is 7.66. The predicted octanol–water partition coefficient (Wildman–Crippen LogP) is 3.25. The number of nitrogens with one attached hydrogen (secondary N) is 1. The molecule has 0 saturated heterocycles. The average Bonchev–Trinajstić information content (AvgIpc) is 2.91. The largest absolute Gasteiger partial charge is 0.393 e. The number of aryl methyl sites for hydroxylation is 1. The third kappa shape index (κ3) is 3.88. The maximum atomic E-state index is 12.3. The summed E-state index contributed by atoms with van der Waals surface area (Å²) in [6.07, 6.45) is 0.00243. The molecule has 0 aliphatic heterocycles. The number of hydrogen-bond donors (Lipinski definition) is 1. The Balaban J connectivity index is 2.24. The summed E-state index contributed by atoms with van der Waals surface area (Å²) in [4.78, 5) is 18.1. The molecular weight excluding hydrogens is 300 g/mol. The third-order valence-electron chi connectivity index (χ3n) is 2.82. The molecule has 2 rings (SSSR count). The SMILES string of the molecule is C/C(=N\OC(C)C)c1ccccc1NC(=O)c1snnc1C. The highest BCUT2D eigenvalue weighted by molar-refractivity contribution is 7.08. The summed E-state index contributed by atoms with van der Waals surface area (Å²) in [5, 5.41) is 10.8. The molecule has 7 heteroatoms. The molecule has 116 valence electrons. The summed E-state index contributed by atoms with van der Waals surface area (Å²) in [5.74, 6) is -0.225. The summed E-state index contributed by atoms with van der Waals surface area (Å²) in [5.41, 5.74) is 2.80. The second kappa shape index (κ2) is 7.13. The molecule has 6 nitrogen and oxygen atoms in total. The molecule has 0 saturated carbocycles. The van der Waals surface area contributed by atoms with Crippen LogP contribution in [-0.2, 0) is 4.84 Å². The highest BCUT2D eigenvalue weighted by Crippen LogP contribution is 2.19. The quantitative estimate of drug-likeness (QED) is 0.678.